The van der Waals surface area contributed by atoms with Gasteiger partial charge in [-0.25, -0.2) is 4.98 Å². The molecular weight excluding hydrogens is 302 g/mol. The van der Waals surface area contributed by atoms with Crippen molar-refractivity contribution in [3.8, 4) is 0 Å². The number of hydrogen-bond acceptors (Lipinski definition) is 2. The van der Waals surface area contributed by atoms with E-state index in [1.807, 2.05) is 0 Å². The van der Waals surface area contributed by atoms with Crippen LogP contribution in [0.1, 0.15) is 11.1 Å². The molecule has 0 aliphatic carbocycles. The molecule has 1 N–H and O–H groups in total. The second-order valence-corrected chi connectivity index (χ2v) is 5.07. The molecule has 1 aromatic carbocycles. The van der Waals surface area contributed by atoms with Crippen LogP contribution in [0.25, 0.3) is 11.6 Å². The van der Waals surface area contributed by atoms with Gasteiger partial charge in [0.15, 0.2) is 0 Å². The normalized spacial score (nSPS) is 15.3. The number of aromatic nitrogens is 1. The summed E-state index contributed by atoms with van der Waals surface area (Å²) in [5.74, 6) is -0.963. The molecule has 6 heteroatoms. The maximum atomic E-state index is 13.2. The molecule has 1 aromatic heterocycles. The third kappa shape index (κ3) is 2.40. The number of benzene rings is 1. The molecule has 1 amide bonds. The van der Waals surface area contributed by atoms with E-state index in [0.29, 0.717) is 27.4 Å². The standard InChI is InChI=1S/C14H7Cl2FN2O/c15-8-1-2-9-10(14(20)18-11(9)6-8)3-7-4-12(16)19-13(17)5-7/h1-6H,(H,18,20). The van der Waals surface area contributed by atoms with E-state index in [2.05, 4.69) is 10.3 Å². The fourth-order valence-electron chi connectivity index (χ4n) is 2.04. The van der Waals surface area contributed by atoms with Gasteiger partial charge in [0.25, 0.3) is 5.91 Å². The van der Waals surface area contributed by atoms with Crippen molar-refractivity contribution in [1.29, 1.82) is 0 Å². The smallest absolute Gasteiger partial charge is 0.256 e. The Labute approximate surface area is 124 Å². The van der Waals surface area contributed by atoms with Crippen LogP contribution >= 0.6 is 23.2 Å². The number of fused-ring (bicyclic) bond motifs is 1. The van der Waals surface area contributed by atoms with E-state index in [-0.39, 0.29) is 11.1 Å². The lowest BCUT2D eigenvalue weighted by Crippen LogP contribution is -2.03. The molecule has 3 nitrogen and oxygen atoms in total. The van der Waals surface area contributed by atoms with Gasteiger partial charge in [-0.3, -0.25) is 4.79 Å². The second-order valence-electron chi connectivity index (χ2n) is 4.25. The maximum absolute atomic E-state index is 13.2. The Kier molecular flexibility index (Phi) is 3.20. The number of halogens is 3. The van der Waals surface area contributed by atoms with Gasteiger partial charge < -0.3 is 5.32 Å². The number of pyridine rings is 1. The van der Waals surface area contributed by atoms with E-state index in [1.165, 1.54) is 12.1 Å². The summed E-state index contributed by atoms with van der Waals surface area (Å²) in [5, 5.41) is 3.27. The molecule has 0 spiro atoms. The van der Waals surface area contributed by atoms with Crippen LogP contribution in [0.15, 0.2) is 30.3 Å². The molecule has 0 fully saturated rings. The summed E-state index contributed by atoms with van der Waals surface area (Å²) in [4.78, 5) is 15.4. The summed E-state index contributed by atoms with van der Waals surface area (Å²) in [7, 11) is 0. The molecule has 2 heterocycles. The number of rotatable bonds is 1. The van der Waals surface area contributed by atoms with E-state index in [0.717, 1.165) is 0 Å². The molecule has 20 heavy (non-hydrogen) atoms. The summed E-state index contributed by atoms with van der Waals surface area (Å²) in [6.07, 6.45) is 1.56. The number of amides is 1. The lowest BCUT2D eigenvalue weighted by Gasteiger charge is -2.00. The molecular formula is C14H7Cl2FN2O. The van der Waals surface area contributed by atoms with Crippen molar-refractivity contribution >= 4 is 46.4 Å². The van der Waals surface area contributed by atoms with Crippen LogP contribution in [0, 0.1) is 5.95 Å². The summed E-state index contributed by atoms with van der Waals surface area (Å²) in [5.41, 5.74) is 2.25. The summed E-state index contributed by atoms with van der Waals surface area (Å²) < 4.78 is 13.2. The Bertz CT molecular complexity index is 739. The lowest BCUT2D eigenvalue weighted by molar-refractivity contribution is -0.110. The van der Waals surface area contributed by atoms with Crippen molar-refractivity contribution < 1.29 is 9.18 Å². The Balaban J connectivity index is 2.11. The molecule has 1 aliphatic rings. The fourth-order valence-corrected chi connectivity index (χ4v) is 2.42. The van der Waals surface area contributed by atoms with Crippen LogP contribution < -0.4 is 5.32 Å². The Morgan fingerprint density at radius 2 is 2.00 bits per heavy atom. The maximum Gasteiger partial charge on any atom is 0.256 e. The van der Waals surface area contributed by atoms with Gasteiger partial charge in [0, 0.05) is 22.2 Å². The number of nitrogens with zero attached hydrogens (tertiary/aromatic N) is 1. The average molecular weight is 309 g/mol. The van der Waals surface area contributed by atoms with Crippen molar-refractivity contribution in [2.75, 3.05) is 5.32 Å². The predicted molar refractivity (Wildman–Crippen MR) is 77.2 cm³/mol. The fraction of sp³-hybridized carbons (Fsp3) is 0. The van der Waals surface area contributed by atoms with E-state index in [9.17, 15) is 9.18 Å². The monoisotopic (exact) mass is 308 g/mol. The van der Waals surface area contributed by atoms with Crippen molar-refractivity contribution in [1.82, 2.24) is 4.98 Å². The first-order chi connectivity index (χ1) is 9.52. The Hall–Kier alpha value is -1.91. The third-order valence-corrected chi connectivity index (χ3v) is 3.29. The molecule has 0 bridgehead atoms. The average Bonchev–Trinajstić information content (AvgIpc) is 2.64. The van der Waals surface area contributed by atoms with Crippen LogP contribution in [0.5, 0.6) is 0 Å². The highest BCUT2D eigenvalue weighted by Crippen LogP contribution is 2.35. The molecule has 0 saturated heterocycles. The van der Waals surface area contributed by atoms with Crippen LogP contribution in [-0.2, 0) is 4.79 Å². The highest BCUT2D eigenvalue weighted by atomic mass is 35.5. The van der Waals surface area contributed by atoms with Crippen LogP contribution in [-0.4, -0.2) is 10.9 Å². The zero-order valence-corrected chi connectivity index (χ0v) is 11.5. The SMILES string of the molecule is O=C1Nc2cc(Cl)ccc2C1=Cc1cc(F)nc(Cl)c1. The highest BCUT2D eigenvalue weighted by molar-refractivity contribution is 6.36. The van der Waals surface area contributed by atoms with Gasteiger partial charge in [-0.05, 0) is 29.8 Å². The van der Waals surface area contributed by atoms with Gasteiger partial charge in [0.05, 0.1) is 5.69 Å². The topological polar surface area (TPSA) is 42.0 Å². The summed E-state index contributed by atoms with van der Waals surface area (Å²) >= 11 is 11.6. The highest BCUT2D eigenvalue weighted by Gasteiger charge is 2.24. The predicted octanol–water partition coefficient (Wildman–Crippen LogP) is 4.02. The summed E-state index contributed by atoms with van der Waals surface area (Å²) in [6, 6.07) is 7.78. The molecule has 100 valence electrons. The van der Waals surface area contributed by atoms with Gasteiger partial charge >= 0.3 is 0 Å². The molecule has 0 saturated carbocycles. The van der Waals surface area contributed by atoms with Crippen molar-refractivity contribution in [2.24, 2.45) is 0 Å². The minimum Gasteiger partial charge on any atom is -0.321 e. The number of carbonyl (C=O) groups is 1. The molecule has 0 unspecified atom stereocenters. The van der Waals surface area contributed by atoms with Gasteiger partial charge in [-0.2, -0.15) is 4.39 Å². The molecule has 1 aliphatic heterocycles. The van der Waals surface area contributed by atoms with E-state index >= 15 is 0 Å². The van der Waals surface area contributed by atoms with Gasteiger partial charge in [-0.15, -0.1) is 0 Å². The third-order valence-electron chi connectivity index (χ3n) is 2.86. The van der Waals surface area contributed by atoms with Gasteiger partial charge in [-0.1, -0.05) is 29.3 Å². The number of anilines is 1. The zero-order valence-electron chi connectivity index (χ0n) is 9.95. The van der Waals surface area contributed by atoms with E-state index < -0.39 is 5.95 Å². The molecule has 3 rings (SSSR count). The number of hydrogen-bond donors (Lipinski definition) is 1. The van der Waals surface area contributed by atoms with Crippen molar-refractivity contribution in [3.05, 3.63) is 57.6 Å². The first kappa shape index (κ1) is 13.1. The first-order valence-electron chi connectivity index (χ1n) is 5.69. The number of nitrogens with one attached hydrogen (secondary N) is 1. The van der Waals surface area contributed by atoms with Crippen molar-refractivity contribution in [2.45, 2.75) is 0 Å². The molecule has 0 radical (unpaired) electrons. The van der Waals surface area contributed by atoms with E-state index in [4.69, 9.17) is 23.2 Å². The first-order valence-corrected chi connectivity index (χ1v) is 6.44. The van der Waals surface area contributed by atoms with Crippen LogP contribution in [0.2, 0.25) is 10.2 Å². The van der Waals surface area contributed by atoms with Crippen LogP contribution in [0.3, 0.4) is 0 Å². The minimum atomic E-state index is -0.695. The van der Waals surface area contributed by atoms with Gasteiger partial charge in [0.2, 0.25) is 5.95 Å². The Morgan fingerprint density at radius 1 is 1.20 bits per heavy atom. The Morgan fingerprint density at radius 3 is 2.75 bits per heavy atom. The quantitative estimate of drug-likeness (QED) is 0.638. The zero-order chi connectivity index (χ0) is 14.3. The minimum absolute atomic E-state index is 0.0339. The summed E-state index contributed by atoms with van der Waals surface area (Å²) in [6.45, 7) is 0. The molecule has 2 aromatic rings. The number of carbonyl (C=O) groups excluding carboxylic acids is 1. The second kappa shape index (κ2) is 4.89. The van der Waals surface area contributed by atoms with Gasteiger partial charge in [0.1, 0.15) is 5.15 Å². The van der Waals surface area contributed by atoms with Crippen molar-refractivity contribution in [3.63, 3.8) is 0 Å². The largest absolute Gasteiger partial charge is 0.321 e. The lowest BCUT2D eigenvalue weighted by atomic mass is 10.0. The van der Waals surface area contributed by atoms with Crippen LogP contribution in [0.4, 0.5) is 10.1 Å². The molecule has 0 atom stereocenters. The van der Waals surface area contributed by atoms with E-state index in [1.54, 1.807) is 24.3 Å².